The van der Waals surface area contributed by atoms with Crippen LogP contribution in [0.1, 0.15) is 43.9 Å². The Balaban J connectivity index is 1.65. The van der Waals surface area contributed by atoms with Crippen LogP contribution in [0, 0.1) is 17.2 Å². The zero-order valence-corrected chi connectivity index (χ0v) is 16.7. The van der Waals surface area contributed by atoms with E-state index in [0.29, 0.717) is 46.4 Å². The molecule has 2 aromatic rings. The predicted octanol–water partition coefficient (Wildman–Crippen LogP) is 5.65. The second-order valence-electron chi connectivity index (χ2n) is 8.41. The number of rotatable bonds is 5. The molecule has 1 saturated carbocycles. The summed E-state index contributed by atoms with van der Waals surface area (Å²) in [5, 5.41) is 0.466. The summed E-state index contributed by atoms with van der Waals surface area (Å²) in [6.07, 6.45) is 1.64. The van der Waals surface area contributed by atoms with Crippen LogP contribution < -0.4 is 10.5 Å². The van der Waals surface area contributed by atoms with Gasteiger partial charge in [0.2, 0.25) is 0 Å². The molecule has 148 valence electrons. The van der Waals surface area contributed by atoms with E-state index in [2.05, 4.69) is 0 Å². The second kappa shape index (κ2) is 6.96. The number of hydrogen-bond donors (Lipinski definition) is 1. The minimum absolute atomic E-state index is 0.361. The van der Waals surface area contributed by atoms with E-state index in [9.17, 15) is 9.18 Å². The van der Waals surface area contributed by atoms with Gasteiger partial charge in [0.15, 0.2) is 0 Å². The van der Waals surface area contributed by atoms with Gasteiger partial charge in [0.05, 0.1) is 11.6 Å². The monoisotopic (exact) mass is 403 g/mol. The van der Waals surface area contributed by atoms with Crippen LogP contribution in [0.3, 0.4) is 0 Å². The fourth-order valence-corrected chi connectivity index (χ4v) is 4.11. The number of ether oxygens (including phenoxy) is 2. The Kier molecular flexibility index (Phi) is 4.74. The van der Waals surface area contributed by atoms with Gasteiger partial charge in [0.1, 0.15) is 17.7 Å². The van der Waals surface area contributed by atoms with Crippen molar-refractivity contribution in [2.24, 2.45) is 17.1 Å². The molecule has 0 radical (unpaired) electrons. The lowest BCUT2D eigenvalue weighted by Gasteiger charge is -2.26. The van der Waals surface area contributed by atoms with Gasteiger partial charge in [-0.3, -0.25) is 0 Å². The molecule has 4 nitrogen and oxygen atoms in total. The number of nitrogens with two attached hydrogens (primary N) is 1. The maximum Gasteiger partial charge on any atom is 0.405 e. The van der Waals surface area contributed by atoms with E-state index in [1.165, 1.54) is 18.9 Å². The highest BCUT2D eigenvalue weighted by Gasteiger charge is 2.42. The van der Waals surface area contributed by atoms with E-state index in [0.717, 1.165) is 5.56 Å². The number of benzene rings is 2. The molecular formula is C22H23ClFNO3. The molecule has 1 atom stereocenters. The van der Waals surface area contributed by atoms with Crippen LogP contribution in [0.15, 0.2) is 30.3 Å². The van der Waals surface area contributed by atoms with Gasteiger partial charge in [-0.2, -0.15) is 0 Å². The fourth-order valence-electron chi connectivity index (χ4n) is 3.87. The number of primary amides is 1. The molecule has 2 aliphatic rings. The summed E-state index contributed by atoms with van der Waals surface area (Å²) in [5.74, 6) is 0.857. The van der Waals surface area contributed by atoms with Crippen LogP contribution in [0.25, 0.3) is 11.1 Å². The van der Waals surface area contributed by atoms with Gasteiger partial charge in [-0.15, -0.1) is 0 Å². The molecule has 2 N–H and O–H groups in total. The second-order valence-corrected chi connectivity index (χ2v) is 8.82. The molecule has 4 rings (SSSR count). The summed E-state index contributed by atoms with van der Waals surface area (Å²) in [7, 11) is 0. The number of carbonyl (C=O) groups is 1. The number of fused-ring (bicyclic) bond motifs is 1. The largest absolute Gasteiger partial charge is 0.492 e. The first-order valence-corrected chi connectivity index (χ1v) is 9.83. The van der Waals surface area contributed by atoms with Crippen molar-refractivity contribution in [3.05, 3.63) is 52.3 Å². The number of halogens is 2. The Hall–Kier alpha value is -2.27. The molecule has 2 aromatic carbocycles. The lowest BCUT2D eigenvalue weighted by molar-refractivity contribution is 0.0391. The topological polar surface area (TPSA) is 61.6 Å². The Morgan fingerprint density at radius 1 is 1.29 bits per heavy atom. The van der Waals surface area contributed by atoms with Crippen molar-refractivity contribution in [2.75, 3.05) is 6.61 Å². The third-order valence-electron chi connectivity index (χ3n) is 5.52. The average molecular weight is 404 g/mol. The normalized spacial score (nSPS) is 19.9. The third-order valence-corrected chi connectivity index (χ3v) is 5.81. The molecule has 0 bridgehead atoms. The molecule has 0 heterocycles. The molecule has 28 heavy (non-hydrogen) atoms. The van der Waals surface area contributed by atoms with Gasteiger partial charge in [-0.25, -0.2) is 9.18 Å². The molecule has 0 unspecified atom stereocenters. The lowest BCUT2D eigenvalue weighted by Crippen LogP contribution is -2.25. The summed E-state index contributed by atoms with van der Waals surface area (Å²) in [6, 6.07) is 8.59. The van der Waals surface area contributed by atoms with E-state index in [1.807, 2.05) is 26.0 Å². The van der Waals surface area contributed by atoms with Crippen molar-refractivity contribution in [3.8, 4) is 16.9 Å². The quantitative estimate of drug-likeness (QED) is 0.701. The summed E-state index contributed by atoms with van der Waals surface area (Å²) in [4.78, 5) is 11.3. The first kappa shape index (κ1) is 19.1. The van der Waals surface area contributed by atoms with Gasteiger partial charge in [-0.1, -0.05) is 31.5 Å². The summed E-state index contributed by atoms with van der Waals surface area (Å²) in [5.41, 5.74) is 7.60. The molecule has 1 fully saturated rings. The average Bonchev–Trinajstić information content (AvgIpc) is 3.40. The Morgan fingerprint density at radius 3 is 2.68 bits per heavy atom. The fraction of sp³-hybridized carbons (Fsp3) is 0.409. The third kappa shape index (κ3) is 3.68. The molecule has 0 saturated heterocycles. The van der Waals surface area contributed by atoms with Crippen molar-refractivity contribution in [1.82, 2.24) is 0 Å². The van der Waals surface area contributed by atoms with Gasteiger partial charge in [0, 0.05) is 11.0 Å². The highest BCUT2D eigenvalue weighted by Crippen LogP contribution is 2.49. The molecule has 2 aliphatic carbocycles. The Morgan fingerprint density at radius 2 is 2.04 bits per heavy atom. The van der Waals surface area contributed by atoms with Gasteiger partial charge < -0.3 is 15.2 Å². The van der Waals surface area contributed by atoms with E-state index in [1.54, 1.807) is 12.1 Å². The zero-order chi connectivity index (χ0) is 20.1. The minimum atomic E-state index is -0.857. The Bertz CT molecular complexity index is 940. The maximum absolute atomic E-state index is 14.9. The maximum atomic E-state index is 14.9. The van der Waals surface area contributed by atoms with E-state index >= 15 is 0 Å². The smallest absolute Gasteiger partial charge is 0.405 e. The predicted molar refractivity (Wildman–Crippen MR) is 106 cm³/mol. The van der Waals surface area contributed by atoms with Crippen LogP contribution in [-0.2, 0) is 11.2 Å². The highest BCUT2D eigenvalue weighted by atomic mass is 35.5. The number of carbonyl (C=O) groups excluding carboxylic acids is 1. The van der Waals surface area contributed by atoms with Crippen molar-refractivity contribution >= 4 is 17.7 Å². The number of amides is 1. The summed E-state index contributed by atoms with van der Waals surface area (Å²) >= 11 is 6.36. The standard InChI is InChI=1S/C22H23ClFNO3/c1-22(2)10-14-7-15(18(24)9-16(14)20(22)28-21(25)26)13-5-6-19(17(23)8-13)27-11-12-3-4-12/h5-9,12,20H,3-4,10-11H2,1-2H3,(H2,25,26)/t20-/m0/s1. The SMILES string of the molecule is CC1(C)Cc2cc(-c3ccc(OCC4CC4)c(Cl)c3)c(F)cc2[C@@H]1OC(N)=O. The molecule has 0 aliphatic heterocycles. The molecule has 6 heteroatoms. The van der Waals surface area contributed by atoms with Gasteiger partial charge >= 0.3 is 6.09 Å². The van der Waals surface area contributed by atoms with Crippen LogP contribution in [0.2, 0.25) is 5.02 Å². The van der Waals surface area contributed by atoms with Crippen LogP contribution in [-0.4, -0.2) is 12.7 Å². The summed E-state index contributed by atoms with van der Waals surface area (Å²) in [6.45, 7) is 4.62. The van der Waals surface area contributed by atoms with E-state index in [-0.39, 0.29) is 5.41 Å². The summed E-state index contributed by atoms with van der Waals surface area (Å²) < 4.78 is 26.0. The van der Waals surface area contributed by atoms with Crippen molar-refractivity contribution < 1.29 is 18.7 Å². The van der Waals surface area contributed by atoms with E-state index < -0.39 is 18.0 Å². The Labute approximate surface area is 168 Å². The zero-order valence-electron chi connectivity index (χ0n) is 15.9. The molecular weight excluding hydrogens is 381 g/mol. The van der Waals surface area contributed by atoms with Crippen LogP contribution in [0.4, 0.5) is 9.18 Å². The molecule has 0 aromatic heterocycles. The number of hydrogen-bond acceptors (Lipinski definition) is 3. The highest BCUT2D eigenvalue weighted by molar-refractivity contribution is 6.32. The first-order chi connectivity index (χ1) is 13.2. The van der Waals surface area contributed by atoms with Crippen molar-refractivity contribution in [2.45, 2.75) is 39.2 Å². The van der Waals surface area contributed by atoms with Crippen molar-refractivity contribution in [3.63, 3.8) is 0 Å². The molecule has 1 amide bonds. The lowest BCUT2D eigenvalue weighted by atomic mass is 9.87. The van der Waals surface area contributed by atoms with E-state index in [4.69, 9.17) is 26.8 Å². The molecule has 0 spiro atoms. The van der Waals surface area contributed by atoms with Crippen molar-refractivity contribution in [1.29, 1.82) is 0 Å². The first-order valence-electron chi connectivity index (χ1n) is 9.46. The minimum Gasteiger partial charge on any atom is -0.492 e. The van der Waals surface area contributed by atoms with Crippen LogP contribution in [0.5, 0.6) is 5.75 Å². The van der Waals surface area contributed by atoms with Gasteiger partial charge in [0.25, 0.3) is 0 Å². The van der Waals surface area contributed by atoms with Gasteiger partial charge in [-0.05, 0) is 66.1 Å². The van der Waals surface area contributed by atoms with Crippen LogP contribution >= 0.6 is 11.6 Å².